The number of carboxylic acids is 1. The molecule has 36 heavy (non-hydrogen) atoms. The summed E-state index contributed by atoms with van der Waals surface area (Å²) in [7, 11) is 0. The Bertz CT molecular complexity index is 1320. The number of aromatic nitrogens is 1. The number of benzene rings is 3. The van der Waals surface area contributed by atoms with E-state index in [9.17, 15) is 14.7 Å². The van der Waals surface area contributed by atoms with Gasteiger partial charge in [0.15, 0.2) is 0 Å². The first-order valence-electron chi connectivity index (χ1n) is 12.2. The summed E-state index contributed by atoms with van der Waals surface area (Å²) in [6.07, 6.45) is 2.55. The van der Waals surface area contributed by atoms with Crippen LogP contribution in [-0.4, -0.2) is 46.1 Å². The number of hydrazine groups is 1. The summed E-state index contributed by atoms with van der Waals surface area (Å²) in [5.41, 5.74) is 7.65. The number of hydrogen-bond acceptors (Lipinski definition) is 4. The Hall–Kier alpha value is -3.94. The van der Waals surface area contributed by atoms with Crippen LogP contribution in [0.2, 0.25) is 0 Å². The Morgan fingerprint density at radius 3 is 2.39 bits per heavy atom. The molecule has 7 heteroatoms. The molecule has 1 amide bonds. The SMILES string of the molecule is CCN(NC(C)C(=O)O)[C@@H](CCNC(=O)c1ccccc1-c1c[nH]c2ccccc12)c1ccccc1. The lowest BCUT2D eigenvalue weighted by Gasteiger charge is -2.33. The van der Waals surface area contributed by atoms with E-state index in [1.807, 2.05) is 97.0 Å². The quantitative estimate of drug-likeness (QED) is 0.225. The molecule has 1 heterocycles. The van der Waals surface area contributed by atoms with Crippen LogP contribution in [0.4, 0.5) is 0 Å². The zero-order valence-corrected chi connectivity index (χ0v) is 20.6. The van der Waals surface area contributed by atoms with E-state index in [0.717, 1.165) is 27.6 Å². The standard InChI is InChI=1S/C29H32N4O3/c1-3-33(32-20(2)29(35)36)27(21-11-5-4-6-12-21)17-18-30-28(34)24-15-8-7-13-22(24)25-19-31-26-16-10-9-14-23(25)26/h4-16,19-20,27,31-32H,3,17-18H2,1-2H3,(H,30,34)(H,35,36)/t20?,27-/m0/s1. The number of rotatable bonds is 11. The smallest absolute Gasteiger partial charge is 0.321 e. The molecule has 0 radical (unpaired) electrons. The van der Waals surface area contributed by atoms with Gasteiger partial charge in [0.2, 0.25) is 0 Å². The number of amides is 1. The molecule has 7 nitrogen and oxygen atoms in total. The maximum Gasteiger partial charge on any atom is 0.321 e. The molecule has 4 rings (SSSR count). The summed E-state index contributed by atoms with van der Waals surface area (Å²) in [5.74, 6) is -1.06. The third-order valence-electron chi connectivity index (χ3n) is 6.39. The molecule has 4 N–H and O–H groups in total. The average Bonchev–Trinajstić information content (AvgIpc) is 3.34. The van der Waals surface area contributed by atoms with Crippen molar-refractivity contribution in [2.45, 2.75) is 32.4 Å². The van der Waals surface area contributed by atoms with E-state index in [4.69, 9.17) is 0 Å². The van der Waals surface area contributed by atoms with Gasteiger partial charge in [-0.3, -0.25) is 9.59 Å². The van der Waals surface area contributed by atoms with Crippen LogP contribution in [0.25, 0.3) is 22.0 Å². The average molecular weight is 485 g/mol. The highest BCUT2D eigenvalue weighted by Gasteiger charge is 2.23. The highest BCUT2D eigenvalue weighted by molar-refractivity contribution is 6.05. The second-order valence-electron chi connectivity index (χ2n) is 8.74. The number of carboxylic acid groups (broad SMARTS) is 1. The molecule has 0 saturated heterocycles. The first kappa shape index (κ1) is 25.2. The largest absolute Gasteiger partial charge is 0.480 e. The molecule has 0 fully saturated rings. The van der Waals surface area contributed by atoms with E-state index < -0.39 is 12.0 Å². The molecule has 3 aromatic carbocycles. The lowest BCUT2D eigenvalue weighted by molar-refractivity contribution is -0.141. The lowest BCUT2D eigenvalue weighted by Crippen LogP contribution is -2.49. The van der Waals surface area contributed by atoms with Gasteiger partial charge in [0.1, 0.15) is 6.04 Å². The van der Waals surface area contributed by atoms with Gasteiger partial charge in [0.25, 0.3) is 5.91 Å². The summed E-state index contributed by atoms with van der Waals surface area (Å²) < 4.78 is 0. The first-order valence-corrected chi connectivity index (χ1v) is 12.2. The highest BCUT2D eigenvalue weighted by atomic mass is 16.4. The number of carbonyl (C=O) groups is 2. The molecular formula is C29H32N4O3. The minimum Gasteiger partial charge on any atom is -0.480 e. The molecule has 0 bridgehead atoms. The van der Waals surface area contributed by atoms with Gasteiger partial charge < -0.3 is 15.4 Å². The first-order chi connectivity index (χ1) is 17.5. The number of fused-ring (bicyclic) bond motifs is 1. The van der Waals surface area contributed by atoms with Crippen molar-refractivity contribution < 1.29 is 14.7 Å². The molecule has 1 aromatic heterocycles. The van der Waals surface area contributed by atoms with Crippen molar-refractivity contribution in [3.05, 3.63) is 96.2 Å². The number of H-pyrrole nitrogens is 1. The van der Waals surface area contributed by atoms with Gasteiger partial charge in [-0.2, -0.15) is 0 Å². The second kappa shape index (κ2) is 11.7. The molecule has 4 aromatic rings. The molecule has 0 saturated carbocycles. The maximum atomic E-state index is 13.3. The van der Waals surface area contributed by atoms with Crippen LogP contribution in [0.15, 0.2) is 85.1 Å². The summed E-state index contributed by atoms with van der Waals surface area (Å²) >= 11 is 0. The fraction of sp³-hybridized carbons (Fsp3) is 0.241. The zero-order chi connectivity index (χ0) is 25.5. The van der Waals surface area contributed by atoms with Crippen molar-refractivity contribution in [2.24, 2.45) is 0 Å². The lowest BCUT2D eigenvalue weighted by atomic mass is 9.98. The molecule has 2 atom stereocenters. The van der Waals surface area contributed by atoms with Crippen molar-refractivity contribution in [3.8, 4) is 11.1 Å². The molecule has 0 aliphatic rings. The van der Waals surface area contributed by atoms with Gasteiger partial charge in [-0.05, 0) is 36.6 Å². The van der Waals surface area contributed by atoms with Gasteiger partial charge in [0.05, 0.1) is 6.04 Å². The van der Waals surface area contributed by atoms with Crippen molar-refractivity contribution in [1.29, 1.82) is 0 Å². The number of hydrogen-bond donors (Lipinski definition) is 4. The second-order valence-corrected chi connectivity index (χ2v) is 8.74. The molecule has 0 aliphatic heterocycles. The Labute approximate surface area is 211 Å². The van der Waals surface area contributed by atoms with Crippen LogP contribution in [-0.2, 0) is 4.79 Å². The van der Waals surface area contributed by atoms with Gasteiger partial charge >= 0.3 is 5.97 Å². The molecule has 1 unspecified atom stereocenters. The van der Waals surface area contributed by atoms with Gasteiger partial charge in [-0.15, -0.1) is 0 Å². The fourth-order valence-corrected chi connectivity index (χ4v) is 4.51. The van der Waals surface area contributed by atoms with Gasteiger partial charge in [-0.1, -0.05) is 73.7 Å². The van der Waals surface area contributed by atoms with E-state index in [2.05, 4.69) is 15.7 Å². The summed E-state index contributed by atoms with van der Waals surface area (Å²) in [5, 5.41) is 15.5. The monoisotopic (exact) mass is 484 g/mol. The van der Waals surface area contributed by atoms with Crippen molar-refractivity contribution in [1.82, 2.24) is 20.7 Å². The summed E-state index contributed by atoms with van der Waals surface area (Å²) in [6, 6.07) is 24.7. The number of aliphatic carboxylic acids is 1. The maximum absolute atomic E-state index is 13.3. The van der Waals surface area contributed by atoms with E-state index in [-0.39, 0.29) is 11.9 Å². The van der Waals surface area contributed by atoms with Crippen LogP contribution >= 0.6 is 0 Å². The van der Waals surface area contributed by atoms with Crippen molar-refractivity contribution in [2.75, 3.05) is 13.1 Å². The minimum absolute atomic E-state index is 0.109. The van der Waals surface area contributed by atoms with Crippen molar-refractivity contribution >= 4 is 22.8 Å². The van der Waals surface area contributed by atoms with Gasteiger partial charge in [0, 0.05) is 41.3 Å². The van der Waals surface area contributed by atoms with Crippen molar-refractivity contribution in [3.63, 3.8) is 0 Å². The number of para-hydroxylation sites is 1. The Morgan fingerprint density at radius 1 is 0.944 bits per heavy atom. The Balaban J connectivity index is 1.51. The van der Waals surface area contributed by atoms with Crippen LogP contribution in [0.5, 0.6) is 0 Å². The van der Waals surface area contributed by atoms with Crippen LogP contribution < -0.4 is 10.7 Å². The number of aromatic amines is 1. The molecule has 0 aliphatic carbocycles. The topological polar surface area (TPSA) is 97.5 Å². The normalized spacial score (nSPS) is 13.0. The number of nitrogens with zero attached hydrogens (tertiary/aromatic N) is 1. The molecule has 186 valence electrons. The van der Waals surface area contributed by atoms with E-state index in [1.54, 1.807) is 6.92 Å². The van der Waals surface area contributed by atoms with Gasteiger partial charge in [-0.25, -0.2) is 10.4 Å². The Morgan fingerprint density at radius 2 is 1.64 bits per heavy atom. The third kappa shape index (κ3) is 5.64. The van der Waals surface area contributed by atoms with Crippen LogP contribution in [0, 0.1) is 0 Å². The third-order valence-corrected chi connectivity index (χ3v) is 6.39. The predicted octanol–water partition coefficient (Wildman–Crippen LogP) is 5.00. The highest BCUT2D eigenvalue weighted by Crippen LogP contribution is 2.31. The Kier molecular flexibility index (Phi) is 8.15. The fourth-order valence-electron chi connectivity index (χ4n) is 4.51. The molecular weight excluding hydrogens is 452 g/mol. The summed E-state index contributed by atoms with van der Waals surface area (Å²) in [6.45, 7) is 4.64. The zero-order valence-electron chi connectivity index (χ0n) is 20.6. The number of nitrogens with one attached hydrogen (secondary N) is 3. The van der Waals surface area contributed by atoms with E-state index >= 15 is 0 Å². The minimum atomic E-state index is -0.914. The van der Waals surface area contributed by atoms with Crippen LogP contribution in [0.3, 0.4) is 0 Å². The summed E-state index contributed by atoms with van der Waals surface area (Å²) in [4.78, 5) is 28.0. The van der Waals surface area contributed by atoms with Crippen LogP contribution in [0.1, 0.15) is 42.2 Å². The van der Waals surface area contributed by atoms with E-state index in [1.165, 1.54) is 0 Å². The van der Waals surface area contributed by atoms with E-state index in [0.29, 0.717) is 25.1 Å². The molecule has 0 spiro atoms. The number of carbonyl (C=O) groups excluding carboxylic acids is 1. The predicted molar refractivity (Wildman–Crippen MR) is 142 cm³/mol.